The van der Waals surface area contributed by atoms with Gasteiger partial charge in [0.05, 0.1) is 69.6 Å². The number of carboxylic acids is 1. The Labute approximate surface area is 329 Å². The van der Waals surface area contributed by atoms with Crippen LogP contribution in [-0.2, 0) is 30.2 Å². The Bertz CT molecular complexity index is 1790. The molecule has 0 radical (unpaired) electrons. The number of carbonyl (C=O) groups is 3. The predicted octanol–water partition coefficient (Wildman–Crippen LogP) is 6.06. The largest absolute Gasteiger partial charge is 0.481 e. The molecule has 3 aromatic rings. The summed E-state index contributed by atoms with van der Waals surface area (Å²) in [6.45, 7) is 4.28. The normalized spacial score (nSPS) is 13.2. The van der Waals surface area contributed by atoms with Gasteiger partial charge in [-0.15, -0.1) is 0 Å². The minimum absolute atomic E-state index is 0.0459. The van der Waals surface area contributed by atoms with Gasteiger partial charge in [0.25, 0.3) is 11.8 Å². The maximum atomic E-state index is 13.8. The van der Waals surface area contributed by atoms with E-state index >= 15 is 0 Å². The molecule has 0 unspecified atom stereocenters. The Morgan fingerprint density at radius 2 is 1.51 bits per heavy atom. The zero-order valence-electron chi connectivity index (χ0n) is 31.6. The number of allylic oxidation sites excluding steroid dienone is 1. The fourth-order valence-corrected chi connectivity index (χ4v) is 5.65. The summed E-state index contributed by atoms with van der Waals surface area (Å²) in [5.41, 5.74) is -0.710. The van der Waals surface area contributed by atoms with E-state index in [1.807, 2.05) is 6.07 Å². The van der Waals surface area contributed by atoms with Gasteiger partial charge < -0.3 is 44.9 Å². The first kappa shape index (κ1) is 44.4. The maximum absolute atomic E-state index is 13.8. The third kappa shape index (κ3) is 16.0. The summed E-state index contributed by atoms with van der Waals surface area (Å²) >= 11 is 0. The van der Waals surface area contributed by atoms with E-state index in [1.54, 1.807) is 42.5 Å². The number of aryl methyl sites for hydroxylation is 1. The lowest BCUT2D eigenvalue weighted by Crippen LogP contribution is -2.35. The molecular formula is C40H49F3N6O8. The van der Waals surface area contributed by atoms with Crippen molar-refractivity contribution in [1.29, 1.82) is 5.41 Å². The molecule has 1 aliphatic rings. The van der Waals surface area contributed by atoms with Crippen LogP contribution in [0.25, 0.3) is 0 Å². The summed E-state index contributed by atoms with van der Waals surface area (Å²) in [5, 5.41) is 24.0. The van der Waals surface area contributed by atoms with E-state index in [0.29, 0.717) is 70.3 Å². The molecule has 0 spiro atoms. The van der Waals surface area contributed by atoms with Gasteiger partial charge in [0.1, 0.15) is 5.82 Å². The molecule has 0 bridgehead atoms. The van der Waals surface area contributed by atoms with E-state index in [4.69, 9.17) is 29.5 Å². The van der Waals surface area contributed by atoms with Gasteiger partial charge in [0.2, 0.25) is 0 Å². The fourth-order valence-electron chi connectivity index (χ4n) is 5.65. The molecule has 4 rings (SSSR count). The molecule has 0 saturated carbocycles. The van der Waals surface area contributed by atoms with Crippen molar-refractivity contribution < 1.29 is 51.6 Å². The number of aromatic nitrogens is 1. The van der Waals surface area contributed by atoms with Crippen molar-refractivity contribution in [2.24, 2.45) is 0 Å². The average Bonchev–Trinajstić information content (AvgIpc) is 3.21. The highest BCUT2D eigenvalue weighted by Gasteiger charge is 2.38. The first-order valence-electron chi connectivity index (χ1n) is 18.7. The Balaban J connectivity index is 1.32. The smallest absolute Gasteiger partial charge is 0.434 e. The Morgan fingerprint density at radius 3 is 2.16 bits per heavy atom. The molecule has 2 amide bonds. The first-order chi connectivity index (χ1) is 27.5. The van der Waals surface area contributed by atoms with Gasteiger partial charge in [-0.3, -0.25) is 19.8 Å². The van der Waals surface area contributed by atoms with Crippen molar-refractivity contribution in [2.45, 2.75) is 44.7 Å². The summed E-state index contributed by atoms with van der Waals surface area (Å²) in [4.78, 5) is 43.8. The molecule has 1 saturated heterocycles. The van der Waals surface area contributed by atoms with E-state index in [1.165, 1.54) is 18.3 Å². The number of nitrogens with one attached hydrogen (secondary N) is 4. The van der Waals surface area contributed by atoms with Gasteiger partial charge in [-0.2, -0.15) is 13.2 Å². The number of pyridine rings is 1. The third-order valence-corrected chi connectivity index (χ3v) is 8.57. The van der Waals surface area contributed by atoms with Crippen molar-refractivity contribution >= 4 is 40.7 Å². The van der Waals surface area contributed by atoms with E-state index < -0.39 is 35.4 Å². The number of rotatable bonds is 24. The lowest BCUT2D eigenvalue weighted by Gasteiger charge is -2.29. The number of piperidine rings is 1. The molecule has 308 valence electrons. The predicted molar refractivity (Wildman–Crippen MR) is 208 cm³/mol. The molecule has 1 aromatic heterocycles. The maximum Gasteiger partial charge on any atom is 0.434 e. The number of anilines is 3. The van der Waals surface area contributed by atoms with Gasteiger partial charge in [0.15, 0.2) is 5.71 Å². The lowest BCUT2D eigenvalue weighted by atomic mass is 10.0. The van der Waals surface area contributed by atoms with Crippen LogP contribution in [0.3, 0.4) is 0 Å². The number of carbonyl (C=O) groups excluding carboxylic acids is 2. The van der Waals surface area contributed by atoms with Gasteiger partial charge in [-0.1, -0.05) is 18.2 Å². The summed E-state index contributed by atoms with van der Waals surface area (Å²) in [6, 6.07) is 16.6. The second-order valence-corrected chi connectivity index (χ2v) is 12.9. The molecule has 17 heteroatoms. The second-order valence-electron chi connectivity index (χ2n) is 12.9. The monoisotopic (exact) mass is 798 g/mol. The number of ether oxygens (including phenoxy) is 4. The topological polar surface area (TPSA) is 184 Å². The Hall–Kier alpha value is -5.36. The van der Waals surface area contributed by atoms with Crippen LogP contribution in [0.15, 0.2) is 78.8 Å². The zero-order valence-corrected chi connectivity index (χ0v) is 31.6. The summed E-state index contributed by atoms with van der Waals surface area (Å²) in [7, 11) is 0. The number of amides is 2. The minimum Gasteiger partial charge on any atom is -0.481 e. The Morgan fingerprint density at radius 1 is 0.825 bits per heavy atom. The van der Waals surface area contributed by atoms with Crippen molar-refractivity contribution in [3.05, 3.63) is 95.4 Å². The van der Waals surface area contributed by atoms with Crippen LogP contribution in [0.4, 0.5) is 30.4 Å². The van der Waals surface area contributed by atoms with Crippen molar-refractivity contribution in [3.8, 4) is 0 Å². The van der Waals surface area contributed by atoms with Gasteiger partial charge >= 0.3 is 12.1 Å². The highest BCUT2D eigenvalue weighted by Crippen LogP contribution is 2.28. The number of carboxylic acid groups (broad SMARTS) is 1. The van der Waals surface area contributed by atoms with E-state index in [0.717, 1.165) is 44.1 Å². The summed E-state index contributed by atoms with van der Waals surface area (Å²) in [6.07, 6.45) is 1.43. The summed E-state index contributed by atoms with van der Waals surface area (Å²) in [5.74, 6) is -2.17. The highest BCUT2D eigenvalue weighted by atomic mass is 19.4. The minimum atomic E-state index is -5.07. The molecule has 1 fully saturated rings. The van der Waals surface area contributed by atoms with E-state index in [-0.39, 0.29) is 30.1 Å². The van der Waals surface area contributed by atoms with Crippen molar-refractivity contribution in [1.82, 2.24) is 10.3 Å². The Kier molecular flexibility index (Phi) is 18.4. The number of nitrogens with zero attached hydrogens (tertiary/aromatic N) is 2. The quantitative estimate of drug-likeness (QED) is 0.0524. The van der Waals surface area contributed by atoms with Gasteiger partial charge in [0, 0.05) is 43.3 Å². The molecule has 0 atom stereocenters. The number of benzene rings is 2. The van der Waals surface area contributed by atoms with Gasteiger partial charge in [-0.25, -0.2) is 4.98 Å². The standard InChI is InChI=1S/C40H49F3N6O8/c41-40(42,43)37(44)34(28-46-35-11-2-3-15-45-35)48-39(53)32-27-31(49-16-4-1-5-17-49)12-13-33(32)47-38(52)30-10-6-8-29(26-30)9-7-18-54-20-22-56-24-25-57-23-21-55-19-14-36(50)51/h2-3,6,8,10-13,15,26-28,44H,1,4-5,7,9,14,16-25H2,(H,45,46)(H,47,52)(H,48,53)(H,50,51)/b34-28+,44-37?. The molecule has 57 heavy (non-hydrogen) atoms. The molecule has 5 N–H and O–H groups in total. The van der Waals surface area contributed by atoms with E-state index in [2.05, 4.69) is 25.8 Å². The fraction of sp³-hybridized carbons (Fsp3) is 0.425. The molecule has 2 heterocycles. The number of aliphatic carboxylic acids is 1. The van der Waals surface area contributed by atoms with Crippen LogP contribution >= 0.6 is 0 Å². The lowest BCUT2D eigenvalue weighted by molar-refractivity contribution is -0.138. The summed E-state index contributed by atoms with van der Waals surface area (Å²) < 4.78 is 62.9. The third-order valence-electron chi connectivity index (χ3n) is 8.57. The second kappa shape index (κ2) is 23.6. The molecule has 2 aromatic carbocycles. The van der Waals surface area contributed by atoms with Crippen LogP contribution in [0.2, 0.25) is 0 Å². The molecule has 1 aliphatic heterocycles. The SMILES string of the molecule is N=C(/C(=C\Nc1ccccn1)NC(=O)c1cc(N2CCCCC2)ccc1NC(=O)c1cccc(CCCOCCOCCOCCOCCC(=O)O)c1)C(F)(F)F. The number of alkyl halides is 3. The molecule has 14 nitrogen and oxygen atoms in total. The molecular weight excluding hydrogens is 749 g/mol. The average molecular weight is 799 g/mol. The van der Waals surface area contributed by atoms with E-state index in [9.17, 15) is 27.6 Å². The number of halogens is 3. The van der Waals surface area contributed by atoms with Gasteiger partial charge in [-0.05, 0) is 80.1 Å². The van der Waals surface area contributed by atoms with Crippen LogP contribution in [0.1, 0.15) is 58.4 Å². The van der Waals surface area contributed by atoms with Crippen molar-refractivity contribution in [2.75, 3.05) is 81.5 Å². The molecule has 0 aliphatic carbocycles. The number of hydrogen-bond acceptors (Lipinski definition) is 11. The van der Waals surface area contributed by atoms with Crippen LogP contribution in [0, 0.1) is 5.41 Å². The van der Waals surface area contributed by atoms with Crippen LogP contribution < -0.4 is 20.9 Å². The zero-order chi connectivity index (χ0) is 40.9. The van der Waals surface area contributed by atoms with Crippen LogP contribution in [-0.4, -0.2) is 106 Å². The van der Waals surface area contributed by atoms with Crippen LogP contribution in [0.5, 0.6) is 0 Å². The number of hydrogen-bond donors (Lipinski definition) is 5. The highest BCUT2D eigenvalue weighted by molar-refractivity contribution is 6.12. The van der Waals surface area contributed by atoms with Crippen molar-refractivity contribution in [3.63, 3.8) is 0 Å². The first-order valence-corrected chi connectivity index (χ1v) is 18.7.